The number of carbonyl (C=O) groups excluding carboxylic acids is 1. The van der Waals surface area contributed by atoms with Crippen LogP contribution in [0.25, 0.3) is 0 Å². The van der Waals surface area contributed by atoms with Gasteiger partial charge in [-0.05, 0) is 30.0 Å². The van der Waals surface area contributed by atoms with Crippen molar-refractivity contribution in [1.29, 1.82) is 0 Å². The zero-order valence-electron chi connectivity index (χ0n) is 18.6. The molecule has 0 saturated heterocycles. The number of aryl methyl sites for hydroxylation is 1. The Balaban J connectivity index is 2.18. The van der Waals surface area contributed by atoms with E-state index in [1.54, 1.807) is 17.0 Å². The van der Waals surface area contributed by atoms with Crippen molar-refractivity contribution in [3.8, 4) is 0 Å². The SMILES string of the molecule is CCCCN(CC(=O)N(Cc1cccn1C)CC(C)C)S(=O)(=O)Cc1ccccc1. The maximum absolute atomic E-state index is 13.2. The molecular formula is C23H35N3O3S. The molecule has 0 N–H and O–H groups in total. The number of unbranched alkanes of at least 4 members (excludes halogenated alkanes) is 1. The van der Waals surface area contributed by atoms with E-state index in [0.29, 0.717) is 25.6 Å². The number of aromatic nitrogens is 1. The lowest BCUT2D eigenvalue weighted by atomic mass is 10.2. The molecule has 2 rings (SSSR count). The number of sulfonamides is 1. The lowest BCUT2D eigenvalue weighted by Gasteiger charge is -2.28. The first-order valence-corrected chi connectivity index (χ1v) is 12.2. The maximum Gasteiger partial charge on any atom is 0.238 e. The number of rotatable bonds is 12. The van der Waals surface area contributed by atoms with Crippen molar-refractivity contribution in [2.45, 2.75) is 45.9 Å². The smallest absolute Gasteiger partial charge is 0.238 e. The van der Waals surface area contributed by atoms with Gasteiger partial charge in [0.25, 0.3) is 0 Å². The molecule has 0 spiro atoms. The Morgan fingerprint density at radius 3 is 2.37 bits per heavy atom. The van der Waals surface area contributed by atoms with Crippen LogP contribution < -0.4 is 0 Å². The minimum absolute atomic E-state index is 0.0905. The van der Waals surface area contributed by atoms with Crippen LogP contribution in [0, 0.1) is 5.92 Å². The minimum atomic E-state index is -3.59. The molecule has 1 aromatic heterocycles. The van der Waals surface area contributed by atoms with Crippen LogP contribution in [0.5, 0.6) is 0 Å². The number of nitrogens with zero attached hydrogens (tertiary/aromatic N) is 3. The van der Waals surface area contributed by atoms with Crippen molar-refractivity contribution in [3.63, 3.8) is 0 Å². The molecule has 166 valence electrons. The van der Waals surface area contributed by atoms with Gasteiger partial charge in [-0.1, -0.05) is 57.5 Å². The Kier molecular flexibility index (Phi) is 9.11. The second kappa shape index (κ2) is 11.3. The molecule has 6 nitrogen and oxygen atoms in total. The van der Waals surface area contributed by atoms with Crippen molar-refractivity contribution in [3.05, 3.63) is 59.9 Å². The molecule has 0 aliphatic carbocycles. The molecule has 0 aliphatic rings. The first kappa shape index (κ1) is 24.2. The number of benzene rings is 1. The Labute approximate surface area is 181 Å². The quantitative estimate of drug-likeness (QED) is 0.513. The fourth-order valence-electron chi connectivity index (χ4n) is 3.33. The van der Waals surface area contributed by atoms with Gasteiger partial charge in [-0.25, -0.2) is 8.42 Å². The highest BCUT2D eigenvalue weighted by atomic mass is 32.2. The average Bonchev–Trinajstić information content (AvgIpc) is 3.09. The monoisotopic (exact) mass is 433 g/mol. The van der Waals surface area contributed by atoms with Gasteiger partial charge >= 0.3 is 0 Å². The van der Waals surface area contributed by atoms with E-state index in [9.17, 15) is 13.2 Å². The van der Waals surface area contributed by atoms with Crippen LogP contribution >= 0.6 is 0 Å². The highest BCUT2D eigenvalue weighted by Gasteiger charge is 2.27. The number of hydrogen-bond donors (Lipinski definition) is 0. The Morgan fingerprint density at radius 2 is 1.80 bits per heavy atom. The Bertz CT molecular complexity index is 891. The number of amides is 1. The molecule has 2 aromatic rings. The largest absolute Gasteiger partial charge is 0.353 e. The van der Waals surface area contributed by atoms with Crippen LogP contribution in [0.4, 0.5) is 0 Å². The third kappa shape index (κ3) is 7.29. The van der Waals surface area contributed by atoms with Crippen LogP contribution in [0.1, 0.15) is 44.9 Å². The predicted molar refractivity (Wildman–Crippen MR) is 121 cm³/mol. The standard InChI is InChI=1S/C23H35N3O3S/c1-5-6-15-26(30(28,29)19-21-11-8-7-9-12-21)18-23(27)25(16-20(2)3)17-22-13-10-14-24(22)4/h7-14,20H,5-6,15-19H2,1-4H3. The van der Waals surface area contributed by atoms with E-state index >= 15 is 0 Å². The van der Waals surface area contributed by atoms with E-state index in [1.807, 2.05) is 55.1 Å². The second-order valence-electron chi connectivity index (χ2n) is 8.21. The lowest BCUT2D eigenvalue weighted by molar-refractivity contribution is -0.132. The van der Waals surface area contributed by atoms with Crippen molar-refractivity contribution < 1.29 is 13.2 Å². The lowest BCUT2D eigenvalue weighted by Crippen LogP contribution is -2.44. The molecule has 1 heterocycles. The molecule has 0 bridgehead atoms. The average molecular weight is 434 g/mol. The fourth-order valence-corrected chi connectivity index (χ4v) is 4.84. The molecule has 7 heteroatoms. The summed E-state index contributed by atoms with van der Waals surface area (Å²) in [4.78, 5) is 15.0. The van der Waals surface area contributed by atoms with Crippen molar-refractivity contribution in [2.75, 3.05) is 19.6 Å². The third-order valence-corrected chi connectivity index (χ3v) is 6.80. The summed E-state index contributed by atoms with van der Waals surface area (Å²) in [6.45, 7) is 7.44. The van der Waals surface area contributed by atoms with Crippen molar-refractivity contribution >= 4 is 15.9 Å². The van der Waals surface area contributed by atoms with Gasteiger partial charge in [0, 0.05) is 32.0 Å². The first-order chi connectivity index (χ1) is 14.2. The van der Waals surface area contributed by atoms with Gasteiger partial charge in [-0.3, -0.25) is 4.79 Å². The van der Waals surface area contributed by atoms with E-state index in [2.05, 4.69) is 13.8 Å². The van der Waals surface area contributed by atoms with Gasteiger partial charge in [0.1, 0.15) is 0 Å². The summed E-state index contributed by atoms with van der Waals surface area (Å²) in [5, 5.41) is 0. The first-order valence-electron chi connectivity index (χ1n) is 10.6. The Morgan fingerprint density at radius 1 is 1.10 bits per heavy atom. The summed E-state index contributed by atoms with van der Waals surface area (Å²) in [6, 6.07) is 13.1. The van der Waals surface area contributed by atoms with Gasteiger partial charge in [0.05, 0.1) is 18.8 Å². The zero-order chi connectivity index (χ0) is 22.1. The van der Waals surface area contributed by atoms with Gasteiger partial charge in [-0.2, -0.15) is 4.31 Å². The molecule has 0 fully saturated rings. The summed E-state index contributed by atoms with van der Waals surface area (Å²) < 4.78 is 29.6. The Hall–Kier alpha value is -2.12. The normalized spacial score (nSPS) is 11.9. The molecule has 0 saturated carbocycles. The molecule has 0 radical (unpaired) electrons. The van der Waals surface area contributed by atoms with Crippen LogP contribution in [0.3, 0.4) is 0 Å². The summed E-state index contributed by atoms with van der Waals surface area (Å²) in [5.41, 5.74) is 1.76. The van der Waals surface area contributed by atoms with E-state index in [0.717, 1.165) is 24.1 Å². The topological polar surface area (TPSA) is 62.6 Å². The van der Waals surface area contributed by atoms with E-state index in [-0.39, 0.29) is 18.2 Å². The third-order valence-electron chi connectivity index (χ3n) is 5.00. The second-order valence-corrected chi connectivity index (χ2v) is 10.2. The highest BCUT2D eigenvalue weighted by Crippen LogP contribution is 2.14. The van der Waals surface area contributed by atoms with Gasteiger partial charge < -0.3 is 9.47 Å². The van der Waals surface area contributed by atoms with E-state index in [1.165, 1.54) is 4.31 Å². The summed E-state index contributed by atoms with van der Waals surface area (Å²) in [7, 11) is -1.64. The molecule has 0 unspecified atom stereocenters. The molecule has 0 atom stereocenters. The molecule has 1 amide bonds. The number of hydrogen-bond acceptors (Lipinski definition) is 3. The maximum atomic E-state index is 13.2. The van der Waals surface area contributed by atoms with Crippen LogP contribution in [-0.2, 0) is 34.2 Å². The van der Waals surface area contributed by atoms with Gasteiger partial charge in [0.2, 0.25) is 15.9 Å². The minimum Gasteiger partial charge on any atom is -0.353 e. The predicted octanol–water partition coefficient (Wildman–Crippen LogP) is 3.64. The highest BCUT2D eigenvalue weighted by molar-refractivity contribution is 7.88. The fraction of sp³-hybridized carbons (Fsp3) is 0.522. The van der Waals surface area contributed by atoms with Crippen LogP contribution in [-0.4, -0.2) is 47.7 Å². The van der Waals surface area contributed by atoms with E-state index < -0.39 is 10.0 Å². The van der Waals surface area contributed by atoms with Crippen molar-refractivity contribution in [1.82, 2.24) is 13.8 Å². The summed E-state index contributed by atoms with van der Waals surface area (Å²) in [5.74, 6) is 0.0455. The van der Waals surface area contributed by atoms with Crippen molar-refractivity contribution in [2.24, 2.45) is 13.0 Å². The summed E-state index contributed by atoms with van der Waals surface area (Å²) >= 11 is 0. The van der Waals surface area contributed by atoms with Crippen LogP contribution in [0.15, 0.2) is 48.7 Å². The zero-order valence-corrected chi connectivity index (χ0v) is 19.4. The molecule has 30 heavy (non-hydrogen) atoms. The van der Waals surface area contributed by atoms with Gasteiger partial charge in [0.15, 0.2) is 0 Å². The van der Waals surface area contributed by atoms with Crippen LogP contribution in [0.2, 0.25) is 0 Å². The molecule has 1 aromatic carbocycles. The van der Waals surface area contributed by atoms with E-state index in [4.69, 9.17) is 0 Å². The van der Waals surface area contributed by atoms with Gasteiger partial charge in [-0.15, -0.1) is 0 Å². The summed E-state index contributed by atoms with van der Waals surface area (Å²) in [6.07, 6.45) is 3.54. The molecule has 0 aliphatic heterocycles. The molecular weight excluding hydrogens is 398 g/mol. The number of carbonyl (C=O) groups is 1.